The van der Waals surface area contributed by atoms with Crippen molar-refractivity contribution < 1.29 is 9.13 Å². The van der Waals surface area contributed by atoms with E-state index in [1.54, 1.807) is 6.07 Å². The Bertz CT molecular complexity index is 613. The molecule has 2 rings (SSSR count). The third kappa shape index (κ3) is 5.58. The second-order valence-electron chi connectivity index (χ2n) is 7.32. The average Bonchev–Trinajstić information content (AvgIpc) is 2.59. The van der Waals surface area contributed by atoms with Crippen molar-refractivity contribution in [1.82, 2.24) is 10.2 Å². The van der Waals surface area contributed by atoms with Gasteiger partial charge in [-0.1, -0.05) is 31.5 Å². The van der Waals surface area contributed by atoms with Gasteiger partial charge in [0.05, 0.1) is 12.6 Å². The van der Waals surface area contributed by atoms with E-state index in [2.05, 4.69) is 31.0 Å². The molecule has 1 aromatic rings. The van der Waals surface area contributed by atoms with E-state index in [-0.39, 0.29) is 11.2 Å². The average molecular weight is 384 g/mol. The standard InChI is InChI=1S/C20H31ClFN3O/c1-5-23-19(25-11-9-16(10-12-25)26-6-2)24-14-20(3,4)17-8-7-15(22)13-18(17)21/h7-8,13,16H,5-6,9-12,14H2,1-4H3,(H,23,24). The van der Waals surface area contributed by atoms with Crippen molar-refractivity contribution in [2.75, 3.05) is 32.8 Å². The molecular weight excluding hydrogens is 353 g/mol. The predicted molar refractivity (Wildman–Crippen MR) is 107 cm³/mol. The van der Waals surface area contributed by atoms with Gasteiger partial charge in [0.15, 0.2) is 5.96 Å². The summed E-state index contributed by atoms with van der Waals surface area (Å²) >= 11 is 6.26. The molecule has 0 atom stereocenters. The van der Waals surface area contributed by atoms with Gasteiger partial charge in [0.2, 0.25) is 0 Å². The highest BCUT2D eigenvalue weighted by Gasteiger charge is 2.26. The number of rotatable bonds is 6. The number of likely N-dealkylation sites (tertiary alicyclic amines) is 1. The van der Waals surface area contributed by atoms with Gasteiger partial charge in [-0.15, -0.1) is 0 Å². The third-order valence-electron chi connectivity index (χ3n) is 4.76. The largest absolute Gasteiger partial charge is 0.378 e. The lowest BCUT2D eigenvalue weighted by Crippen LogP contribution is -2.47. The highest BCUT2D eigenvalue weighted by atomic mass is 35.5. The molecule has 1 aliphatic rings. The maximum absolute atomic E-state index is 13.3. The molecule has 1 aliphatic heterocycles. The van der Waals surface area contributed by atoms with E-state index < -0.39 is 0 Å². The second kappa shape index (κ2) is 9.56. The first kappa shape index (κ1) is 21.0. The molecule has 0 saturated carbocycles. The number of hydrogen-bond acceptors (Lipinski definition) is 2. The van der Waals surface area contributed by atoms with Gasteiger partial charge >= 0.3 is 0 Å². The summed E-state index contributed by atoms with van der Waals surface area (Å²) in [4.78, 5) is 7.15. The third-order valence-corrected chi connectivity index (χ3v) is 5.08. The summed E-state index contributed by atoms with van der Waals surface area (Å²) in [7, 11) is 0. The molecule has 1 saturated heterocycles. The molecule has 0 aliphatic carbocycles. The molecule has 146 valence electrons. The van der Waals surface area contributed by atoms with Crippen LogP contribution in [0.5, 0.6) is 0 Å². The molecule has 6 heteroatoms. The number of piperidine rings is 1. The van der Waals surface area contributed by atoms with Gasteiger partial charge in [-0.3, -0.25) is 4.99 Å². The van der Waals surface area contributed by atoms with Gasteiger partial charge in [0.25, 0.3) is 0 Å². The van der Waals surface area contributed by atoms with Crippen molar-refractivity contribution in [1.29, 1.82) is 0 Å². The zero-order valence-electron chi connectivity index (χ0n) is 16.3. The summed E-state index contributed by atoms with van der Waals surface area (Å²) in [6.45, 7) is 12.3. The first-order valence-corrected chi connectivity index (χ1v) is 9.85. The number of nitrogens with zero attached hydrogens (tertiary/aromatic N) is 2. The lowest BCUT2D eigenvalue weighted by molar-refractivity contribution is 0.0263. The van der Waals surface area contributed by atoms with E-state index in [1.165, 1.54) is 12.1 Å². The Hall–Kier alpha value is -1.33. The van der Waals surface area contributed by atoms with Gasteiger partial charge in [-0.25, -0.2) is 4.39 Å². The van der Waals surface area contributed by atoms with Gasteiger partial charge in [0.1, 0.15) is 5.82 Å². The van der Waals surface area contributed by atoms with Crippen LogP contribution in [0, 0.1) is 5.82 Å². The number of hydrogen-bond donors (Lipinski definition) is 1. The van der Waals surface area contributed by atoms with Crippen LogP contribution in [-0.4, -0.2) is 49.7 Å². The Balaban J connectivity index is 2.08. The smallest absolute Gasteiger partial charge is 0.193 e. The zero-order valence-corrected chi connectivity index (χ0v) is 17.1. The van der Waals surface area contributed by atoms with Gasteiger partial charge in [-0.05, 0) is 44.4 Å². The Morgan fingerprint density at radius 3 is 2.62 bits per heavy atom. The van der Waals surface area contributed by atoms with Gasteiger partial charge < -0.3 is 15.0 Å². The lowest BCUT2D eigenvalue weighted by Gasteiger charge is -2.34. The van der Waals surface area contributed by atoms with Crippen LogP contribution in [0.3, 0.4) is 0 Å². The molecule has 1 N–H and O–H groups in total. The predicted octanol–water partition coefficient (Wildman–Crippen LogP) is 4.22. The van der Waals surface area contributed by atoms with Crippen LogP contribution >= 0.6 is 11.6 Å². The summed E-state index contributed by atoms with van der Waals surface area (Å²) in [5, 5.41) is 3.84. The van der Waals surface area contributed by atoms with E-state index >= 15 is 0 Å². The van der Waals surface area contributed by atoms with Crippen molar-refractivity contribution in [3.05, 3.63) is 34.6 Å². The van der Waals surface area contributed by atoms with Crippen LogP contribution in [0.15, 0.2) is 23.2 Å². The summed E-state index contributed by atoms with van der Waals surface area (Å²) in [5.41, 5.74) is 0.630. The normalized spacial score (nSPS) is 16.8. The fourth-order valence-electron chi connectivity index (χ4n) is 3.29. The first-order chi connectivity index (χ1) is 12.4. The Morgan fingerprint density at radius 1 is 1.35 bits per heavy atom. The van der Waals surface area contributed by atoms with Crippen molar-refractivity contribution in [3.8, 4) is 0 Å². The van der Waals surface area contributed by atoms with Crippen LogP contribution in [-0.2, 0) is 10.2 Å². The van der Waals surface area contributed by atoms with Gasteiger partial charge in [-0.2, -0.15) is 0 Å². The summed E-state index contributed by atoms with van der Waals surface area (Å²) in [6, 6.07) is 4.58. The van der Waals surface area contributed by atoms with Crippen LogP contribution in [0.4, 0.5) is 4.39 Å². The zero-order chi connectivity index (χ0) is 19.2. The molecule has 1 fully saturated rings. The number of benzene rings is 1. The molecule has 1 heterocycles. The van der Waals surface area contributed by atoms with Crippen LogP contribution in [0.25, 0.3) is 0 Å². The fourth-order valence-corrected chi connectivity index (χ4v) is 3.71. The summed E-state index contributed by atoms with van der Waals surface area (Å²) in [6.07, 6.45) is 2.39. The molecule has 1 aromatic carbocycles. The van der Waals surface area contributed by atoms with E-state index in [1.807, 2.05) is 6.92 Å². The van der Waals surface area contributed by atoms with Crippen LogP contribution in [0.2, 0.25) is 5.02 Å². The molecule has 0 unspecified atom stereocenters. The lowest BCUT2D eigenvalue weighted by atomic mass is 9.84. The SMILES string of the molecule is CCNC(=NCC(C)(C)c1ccc(F)cc1Cl)N1CCC(OCC)CC1. The van der Waals surface area contributed by atoms with E-state index in [9.17, 15) is 4.39 Å². The number of nitrogens with one attached hydrogen (secondary N) is 1. The number of guanidine groups is 1. The first-order valence-electron chi connectivity index (χ1n) is 9.47. The van der Waals surface area contributed by atoms with E-state index in [4.69, 9.17) is 21.3 Å². The molecule has 0 spiro atoms. The molecule has 0 aromatic heterocycles. The Morgan fingerprint density at radius 2 is 2.04 bits per heavy atom. The van der Waals surface area contributed by atoms with Crippen molar-refractivity contribution in [3.63, 3.8) is 0 Å². The number of aliphatic imine (C=N–C) groups is 1. The number of ether oxygens (including phenoxy) is 1. The molecule has 0 bridgehead atoms. The molecular formula is C20H31ClFN3O. The van der Waals surface area contributed by atoms with Gasteiger partial charge in [0, 0.05) is 36.7 Å². The van der Waals surface area contributed by atoms with Crippen LogP contribution in [0.1, 0.15) is 46.1 Å². The molecule has 0 radical (unpaired) electrons. The second-order valence-corrected chi connectivity index (χ2v) is 7.73. The van der Waals surface area contributed by atoms with Crippen molar-refractivity contribution in [2.24, 2.45) is 4.99 Å². The van der Waals surface area contributed by atoms with E-state index in [0.29, 0.717) is 17.7 Å². The quantitative estimate of drug-likeness (QED) is 0.590. The summed E-state index contributed by atoms with van der Waals surface area (Å²) < 4.78 is 19.1. The topological polar surface area (TPSA) is 36.9 Å². The fraction of sp³-hybridized carbons (Fsp3) is 0.650. The van der Waals surface area contributed by atoms with Crippen molar-refractivity contribution >= 4 is 17.6 Å². The van der Waals surface area contributed by atoms with E-state index in [0.717, 1.165) is 50.6 Å². The molecule has 4 nitrogen and oxygen atoms in total. The highest BCUT2D eigenvalue weighted by molar-refractivity contribution is 6.31. The monoisotopic (exact) mass is 383 g/mol. The minimum Gasteiger partial charge on any atom is -0.378 e. The minimum atomic E-state index is -0.316. The Kier molecular flexibility index (Phi) is 7.71. The van der Waals surface area contributed by atoms with Crippen molar-refractivity contribution in [2.45, 2.75) is 52.1 Å². The maximum Gasteiger partial charge on any atom is 0.193 e. The summed E-state index contributed by atoms with van der Waals surface area (Å²) in [5.74, 6) is 0.609. The molecule has 0 amide bonds. The molecule has 26 heavy (non-hydrogen) atoms. The van der Waals surface area contributed by atoms with Crippen LogP contribution < -0.4 is 5.32 Å². The minimum absolute atomic E-state index is 0.283. The number of halogens is 2. The highest BCUT2D eigenvalue weighted by Crippen LogP contribution is 2.30. The maximum atomic E-state index is 13.3. The Labute approximate surface area is 161 Å².